The number of carbonyl (C=O) groups excluding carboxylic acids is 1. The number of fused-ring (bicyclic) bond motifs is 1. The number of thioether (sulfide) groups is 1. The van der Waals surface area contributed by atoms with Crippen LogP contribution >= 0.6 is 11.8 Å². The molecule has 5 nitrogen and oxygen atoms in total. The SMILES string of the molecule is O=C(CSc1ncccn1)NC1CCCN(C2Cc3ccccc3C2)C1. The van der Waals surface area contributed by atoms with Gasteiger partial charge >= 0.3 is 0 Å². The molecule has 0 radical (unpaired) electrons. The highest BCUT2D eigenvalue weighted by Gasteiger charge is 2.30. The number of nitrogens with zero attached hydrogens (tertiary/aromatic N) is 3. The van der Waals surface area contributed by atoms with E-state index in [0.29, 0.717) is 17.0 Å². The van der Waals surface area contributed by atoms with Gasteiger partial charge in [-0.3, -0.25) is 9.69 Å². The van der Waals surface area contributed by atoms with Crippen molar-refractivity contribution in [3.05, 3.63) is 53.9 Å². The Morgan fingerprint density at radius 3 is 2.62 bits per heavy atom. The molecule has 0 saturated carbocycles. The monoisotopic (exact) mass is 368 g/mol. The molecule has 1 saturated heterocycles. The van der Waals surface area contributed by atoms with Gasteiger partial charge in [-0.05, 0) is 49.4 Å². The predicted molar refractivity (Wildman–Crippen MR) is 103 cm³/mol. The normalized spacial score (nSPS) is 20.7. The lowest BCUT2D eigenvalue weighted by Gasteiger charge is -2.37. The van der Waals surface area contributed by atoms with Crippen LogP contribution in [0.15, 0.2) is 47.9 Å². The molecule has 136 valence electrons. The van der Waals surface area contributed by atoms with Gasteiger partial charge in [0.25, 0.3) is 0 Å². The van der Waals surface area contributed by atoms with Gasteiger partial charge in [0.05, 0.1) is 5.75 Å². The lowest BCUT2D eigenvalue weighted by atomic mass is 10.0. The molecular weight excluding hydrogens is 344 g/mol. The van der Waals surface area contributed by atoms with Crippen LogP contribution in [0.5, 0.6) is 0 Å². The predicted octanol–water partition coefficient (Wildman–Crippen LogP) is 2.32. The highest BCUT2D eigenvalue weighted by atomic mass is 32.2. The maximum atomic E-state index is 12.3. The number of hydrogen-bond donors (Lipinski definition) is 1. The average Bonchev–Trinajstić information content (AvgIpc) is 3.12. The minimum Gasteiger partial charge on any atom is -0.351 e. The van der Waals surface area contributed by atoms with E-state index < -0.39 is 0 Å². The van der Waals surface area contributed by atoms with Crippen molar-refractivity contribution >= 4 is 17.7 Å². The maximum absolute atomic E-state index is 12.3. The number of hydrogen-bond acceptors (Lipinski definition) is 5. The van der Waals surface area contributed by atoms with E-state index in [9.17, 15) is 4.79 Å². The third-order valence-corrected chi connectivity index (χ3v) is 6.11. The van der Waals surface area contributed by atoms with Crippen molar-refractivity contribution in [1.82, 2.24) is 20.2 Å². The molecule has 2 aliphatic rings. The molecule has 1 aromatic carbocycles. The summed E-state index contributed by atoms with van der Waals surface area (Å²) in [7, 11) is 0. The van der Waals surface area contributed by atoms with Gasteiger partial charge in [-0.25, -0.2) is 9.97 Å². The first-order valence-corrected chi connectivity index (χ1v) is 10.3. The third kappa shape index (κ3) is 4.24. The molecule has 1 N–H and O–H groups in total. The zero-order chi connectivity index (χ0) is 17.8. The van der Waals surface area contributed by atoms with Crippen LogP contribution in [0.3, 0.4) is 0 Å². The van der Waals surface area contributed by atoms with E-state index in [1.807, 2.05) is 0 Å². The third-order valence-electron chi connectivity index (χ3n) is 5.24. The first kappa shape index (κ1) is 17.5. The van der Waals surface area contributed by atoms with Crippen molar-refractivity contribution in [3.63, 3.8) is 0 Å². The Bertz CT molecular complexity index is 729. The summed E-state index contributed by atoms with van der Waals surface area (Å²) in [6, 6.07) is 11.4. The Hall–Kier alpha value is -1.92. The number of aromatic nitrogens is 2. The zero-order valence-electron chi connectivity index (χ0n) is 14.8. The maximum Gasteiger partial charge on any atom is 0.230 e. The first-order valence-electron chi connectivity index (χ1n) is 9.28. The van der Waals surface area contributed by atoms with Crippen LogP contribution in [-0.4, -0.2) is 51.7 Å². The van der Waals surface area contributed by atoms with Crippen molar-refractivity contribution in [1.29, 1.82) is 0 Å². The number of carbonyl (C=O) groups is 1. The Morgan fingerprint density at radius 2 is 1.88 bits per heavy atom. The van der Waals surface area contributed by atoms with Gasteiger partial charge in [0, 0.05) is 31.0 Å². The van der Waals surface area contributed by atoms with Crippen LogP contribution in [-0.2, 0) is 17.6 Å². The Kier molecular flexibility index (Phi) is 5.51. The summed E-state index contributed by atoms with van der Waals surface area (Å²) in [6.45, 7) is 2.09. The van der Waals surface area contributed by atoms with Gasteiger partial charge in [0.1, 0.15) is 0 Å². The number of likely N-dealkylation sites (tertiary alicyclic amines) is 1. The second-order valence-corrected chi connectivity index (χ2v) is 7.99. The van der Waals surface area contributed by atoms with Crippen LogP contribution in [0, 0.1) is 0 Å². The summed E-state index contributed by atoms with van der Waals surface area (Å²) in [4.78, 5) is 23.1. The fourth-order valence-corrected chi connectivity index (χ4v) is 4.62. The summed E-state index contributed by atoms with van der Waals surface area (Å²) in [5.41, 5.74) is 2.98. The molecule has 0 bridgehead atoms. The van der Waals surface area contributed by atoms with Gasteiger partial charge in [-0.1, -0.05) is 36.0 Å². The molecule has 26 heavy (non-hydrogen) atoms. The molecule has 1 aliphatic carbocycles. The second-order valence-electron chi connectivity index (χ2n) is 7.05. The smallest absolute Gasteiger partial charge is 0.230 e. The summed E-state index contributed by atoms with van der Waals surface area (Å²) in [5, 5.41) is 3.86. The molecule has 4 rings (SSSR count). The topological polar surface area (TPSA) is 58.1 Å². The molecule has 1 fully saturated rings. The van der Waals surface area contributed by atoms with Gasteiger partial charge in [0.2, 0.25) is 5.91 Å². The fourth-order valence-electron chi connectivity index (χ4n) is 4.01. The van der Waals surface area contributed by atoms with Crippen LogP contribution < -0.4 is 5.32 Å². The lowest BCUT2D eigenvalue weighted by molar-refractivity contribution is -0.119. The molecule has 6 heteroatoms. The van der Waals surface area contributed by atoms with Crippen molar-refractivity contribution in [2.45, 2.75) is 42.9 Å². The summed E-state index contributed by atoms with van der Waals surface area (Å²) >= 11 is 1.39. The number of piperidine rings is 1. The fraction of sp³-hybridized carbons (Fsp3) is 0.450. The highest BCUT2D eigenvalue weighted by molar-refractivity contribution is 7.99. The van der Waals surface area contributed by atoms with E-state index in [-0.39, 0.29) is 11.9 Å². The zero-order valence-corrected chi connectivity index (χ0v) is 15.6. The van der Waals surface area contributed by atoms with E-state index in [1.54, 1.807) is 18.5 Å². The number of nitrogens with one attached hydrogen (secondary N) is 1. The first-order chi connectivity index (χ1) is 12.8. The number of rotatable bonds is 5. The van der Waals surface area contributed by atoms with Gasteiger partial charge in [-0.15, -0.1) is 0 Å². The number of amides is 1. The molecule has 2 aromatic rings. The summed E-state index contributed by atoms with van der Waals surface area (Å²) < 4.78 is 0. The van der Waals surface area contributed by atoms with E-state index in [1.165, 1.54) is 22.9 Å². The molecule has 1 aromatic heterocycles. The van der Waals surface area contributed by atoms with E-state index in [0.717, 1.165) is 38.8 Å². The lowest BCUT2D eigenvalue weighted by Crippen LogP contribution is -2.51. The molecule has 1 atom stereocenters. The van der Waals surface area contributed by atoms with E-state index >= 15 is 0 Å². The van der Waals surface area contributed by atoms with Crippen molar-refractivity contribution in [3.8, 4) is 0 Å². The highest BCUT2D eigenvalue weighted by Crippen LogP contribution is 2.27. The summed E-state index contributed by atoms with van der Waals surface area (Å²) in [5.74, 6) is 0.444. The molecule has 0 spiro atoms. The Morgan fingerprint density at radius 1 is 1.15 bits per heavy atom. The molecule has 1 amide bonds. The van der Waals surface area contributed by atoms with Crippen molar-refractivity contribution < 1.29 is 4.79 Å². The van der Waals surface area contributed by atoms with Gasteiger partial charge in [0.15, 0.2) is 5.16 Å². The van der Waals surface area contributed by atoms with Gasteiger partial charge < -0.3 is 5.32 Å². The minimum atomic E-state index is 0.0732. The van der Waals surface area contributed by atoms with Crippen LogP contribution in [0.1, 0.15) is 24.0 Å². The average molecular weight is 369 g/mol. The minimum absolute atomic E-state index is 0.0732. The van der Waals surface area contributed by atoms with Crippen LogP contribution in [0.4, 0.5) is 0 Å². The second kappa shape index (κ2) is 8.18. The van der Waals surface area contributed by atoms with Crippen LogP contribution in [0.2, 0.25) is 0 Å². The van der Waals surface area contributed by atoms with Crippen molar-refractivity contribution in [2.24, 2.45) is 0 Å². The van der Waals surface area contributed by atoms with Gasteiger partial charge in [-0.2, -0.15) is 0 Å². The number of benzene rings is 1. The quantitative estimate of drug-likeness (QED) is 0.648. The largest absolute Gasteiger partial charge is 0.351 e. The van der Waals surface area contributed by atoms with E-state index in [4.69, 9.17) is 0 Å². The van der Waals surface area contributed by atoms with Crippen molar-refractivity contribution in [2.75, 3.05) is 18.8 Å². The molecular formula is C20H24N4OS. The molecule has 1 aliphatic heterocycles. The molecule has 1 unspecified atom stereocenters. The Labute approximate surface area is 158 Å². The standard InChI is InChI=1S/C20H24N4OS/c25-19(14-26-20-21-8-4-9-22-20)23-17-7-3-10-24(13-17)18-11-15-5-1-2-6-16(15)12-18/h1-2,4-6,8-9,17-18H,3,7,10-14H2,(H,23,25). The Balaban J connectivity index is 1.27. The van der Waals surface area contributed by atoms with Crippen LogP contribution in [0.25, 0.3) is 0 Å². The van der Waals surface area contributed by atoms with E-state index in [2.05, 4.69) is 44.5 Å². The molecule has 2 heterocycles. The summed E-state index contributed by atoms with van der Waals surface area (Å²) in [6.07, 6.45) is 7.88.